The van der Waals surface area contributed by atoms with Crippen LogP contribution in [-0.4, -0.2) is 25.3 Å². The second kappa shape index (κ2) is 3.49. The van der Waals surface area contributed by atoms with Gasteiger partial charge in [0.1, 0.15) is 0 Å². The molecule has 0 aromatic heterocycles. The summed E-state index contributed by atoms with van der Waals surface area (Å²) >= 11 is 0. The Bertz CT molecular complexity index is 196. The van der Waals surface area contributed by atoms with Crippen molar-refractivity contribution in [2.45, 2.75) is 57.0 Å². The Morgan fingerprint density at radius 3 is 2.29 bits per heavy atom. The van der Waals surface area contributed by atoms with Crippen LogP contribution < -0.4 is 5.32 Å². The fraction of sp³-hybridized carbons (Fsp3) is 1.00. The third-order valence-corrected chi connectivity index (χ3v) is 4.40. The topological polar surface area (TPSA) is 21.3 Å². The summed E-state index contributed by atoms with van der Waals surface area (Å²) in [6.45, 7) is 1.91. The molecule has 2 aliphatic carbocycles. The lowest BCUT2D eigenvalue weighted by Crippen LogP contribution is -2.41. The predicted molar refractivity (Wildman–Crippen MR) is 56.3 cm³/mol. The molecule has 3 rings (SSSR count). The van der Waals surface area contributed by atoms with E-state index in [-0.39, 0.29) is 0 Å². The van der Waals surface area contributed by atoms with Gasteiger partial charge in [-0.3, -0.25) is 0 Å². The molecule has 3 fully saturated rings. The van der Waals surface area contributed by atoms with Gasteiger partial charge in [0.2, 0.25) is 0 Å². The lowest BCUT2D eigenvalue weighted by Gasteiger charge is -2.30. The first-order chi connectivity index (χ1) is 6.86. The smallest absolute Gasteiger partial charge is 0.0620 e. The Morgan fingerprint density at radius 1 is 0.929 bits per heavy atom. The molecule has 0 bridgehead atoms. The Kier molecular flexibility index (Phi) is 2.29. The molecular formula is C12H21NO. The standard InChI is InChI=1S/C12H21NO/c1-4-12(6-7-12)5-2-10(1)13-11-3-8-14-9-11/h10-11,13H,1-9H2. The largest absolute Gasteiger partial charge is 0.380 e. The highest BCUT2D eigenvalue weighted by atomic mass is 16.5. The normalized spacial score (nSPS) is 36.4. The second-order valence-corrected chi connectivity index (χ2v) is 5.50. The van der Waals surface area contributed by atoms with Gasteiger partial charge < -0.3 is 10.1 Å². The average Bonchev–Trinajstić information content (AvgIpc) is 2.77. The zero-order valence-corrected chi connectivity index (χ0v) is 8.93. The monoisotopic (exact) mass is 195 g/mol. The van der Waals surface area contributed by atoms with Crippen molar-refractivity contribution in [2.75, 3.05) is 13.2 Å². The van der Waals surface area contributed by atoms with Crippen molar-refractivity contribution < 1.29 is 4.74 Å². The molecule has 0 aromatic carbocycles. The van der Waals surface area contributed by atoms with Gasteiger partial charge in [-0.1, -0.05) is 0 Å². The lowest BCUT2D eigenvalue weighted by atomic mass is 9.83. The van der Waals surface area contributed by atoms with Crippen LogP contribution in [0.5, 0.6) is 0 Å². The van der Waals surface area contributed by atoms with Crippen LogP contribution in [0.4, 0.5) is 0 Å². The molecule has 1 heterocycles. The van der Waals surface area contributed by atoms with Gasteiger partial charge in [0.15, 0.2) is 0 Å². The number of rotatable bonds is 2. The first-order valence-corrected chi connectivity index (χ1v) is 6.20. The molecule has 1 aliphatic heterocycles. The van der Waals surface area contributed by atoms with E-state index in [1.165, 1.54) is 44.9 Å². The zero-order chi connectivity index (χ0) is 9.43. The Balaban J connectivity index is 1.45. The Hall–Kier alpha value is -0.0800. The third kappa shape index (κ3) is 1.82. The minimum absolute atomic E-state index is 0.660. The summed E-state index contributed by atoms with van der Waals surface area (Å²) in [5.41, 5.74) is 0.838. The second-order valence-electron chi connectivity index (χ2n) is 5.50. The van der Waals surface area contributed by atoms with Gasteiger partial charge in [-0.05, 0) is 50.4 Å². The van der Waals surface area contributed by atoms with Crippen molar-refractivity contribution in [3.8, 4) is 0 Å². The van der Waals surface area contributed by atoms with E-state index in [0.29, 0.717) is 6.04 Å². The van der Waals surface area contributed by atoms with Crippen molar-refractivity contribution >= 4 is 0 Å². The van der Waals surface area contributed by atoms with Gasteiger partial charge in [0.05, 0.1) is 6.61 Å². The van der Waals surface area contributed by atoms with E-state index in [2.05, 4.69) is 5.32 Å². The van der Waals surface area contributed by atoms with Crippen LogP contribution in [0.1, 0.15) is 44.9 Å². The van der Waals surface area contributed by atoms with Crippen molar-refractivity contribution in [1.82, 2.24) is 5.32 Å². The first-order valence-electron chi connectivity index (χ1n) is 6.20. The molecule has 1 N–H and O–H groups in total. The molecule has 1 saturated heterocycles. The summed E-state index contributed by atoms with van der Waals surface area (Å²) in [6, 6.07) is 1.46. The summed E-state index contributed by atoms with van der Waals surface area (Å²) in [5, 5.41) is 3.76. The van der Waals surface area contributed by atoms with E-state index in [1.807, 2.05) is 0 Å². The minimum Gasteiger partial charge on any atom is -0.380 e. The highest BCUT2D eigenvalue weighted by Gasteiger charge is 2.44. The highest BCUT2D eigenvalue weighted by molar-refractivity contribution is 4.98. The summed E-state index contributed by atoms with van der Waals surface area (Å²) in [6.07, 6.45) is 10.1. The maximum Gasteiger partial charge on any atom is 0.0620 e. The maximum absolute atomic E-state index is 5.39. The van der Waals surface area contributed by atoms with E-state index < -0.39 is 0 Å². The SMILES string of the molecule is C1CC(NC2CCC3(CC2)CC3)CO1. The van der Waals surface area contributed by atoms with E-state index in [0.717, 1.165) is 24.7 Å². The fourth-order valence-corrected chi connectivity index (χ4v) is 3.07. The van der Waals surface area contributed by atoms with E-state index >= 15 is 0 Å². The predicted octanol–water partition coefficient (Wildman–Crippen LogP) is 2.09. The van der Waals surface area contributed by atoms with Gasteiger partial charge in [0, 0.05) is 18.7 Å². The molecule has 0 aromatic rings. The lowest BCUT2D eigenvalue weighted by molar-refractivity contribution is 0.182. The summed E-state index contributed by atoms with van der Waals surface area (Å²) < 4.78 is 5.39. The summed E-state index contributed by atoms with van der Waals surface area (Å²) in [4.78, 5) is 0. The molecule has 1 unspecified atom stereocenters. The van der Waals surface area contributed by atoms with Gasteiger partial charge in [-0.15, -0.1) is 0 Å². The third-order valence-electron chi connectivity index (χ3n) is 4.40. The van der Waals surface area contributed by atoms with Crippen molar-refractivity contribution in [3.63, 3.8) is 0 Å². The van der Waals surface area contributed by atoms with Crippen LogP contribution in [0.15, 0.2) is 0 Å². The van der Waals surface area contributed by atoms with Crippen LogP contribution in [-0.2, 0) is 4.74 Å². The van der Waals surface area contributed by atoms with Crippen LogP contribution in [0.25, 0.3) is 0 Å². The number of hydrogen-bond donors (Lipinski definition) is 1. The van der Waals surface area contributed by atoms with Crippen LogP contribution >= 0.6 is 0 Å². The van der Waals surface area contributed by atoms with E-state index in [1.54, 1.807) is 0 Å². The molecule has 3 aliphatic rings. The van der Waals surface area contributed by atoms with E-state index in [9.17, 15) is 0 Å². The molecule has 2 heteroatoms. The number of ether oxygens (including phenoxy) is 1. The molecule has 80 valence electrons. The van der Waals surface area contributed by atoms with Gasteiger partial charge in [-0.2, -0.15) is 0 Å². The Morgan fingerprint density at radius 2 is 1.71 bits per heavy atom. The summed E-state index contributed by atoms with van der Waals surface area (Å²) in [7, 11) is 0. The molecule has 14 heavy (non-hydrogen) atoms. The highest BCUT2D eigenvalue weighted by Crippen LogP contribution is 2.56. The van der Waals surface area contributed by atoms with Crippen molar-refractivity contribution in [3.05, 3.63) is 0 Å². The molecule has 0 amide bonds. The Labute approximate surface area is 86.4 Å². The molecule has 0 radical (unpaired) electrons. The van der Waals surface area contributed by atoms with E-state index in [4.69, 9.17) is 4.74 Å². The molecule has 1 atom stereocenters. The van der Waals surface area contributed by atoms with Gasteiger partial charge >= 0.3 is 0 Å². The maximum atomic E-state index is 5.39. The van der Waals surface area contributed by atoms with Gasteiger partial charge in [0.25, 0.3) is 0 Å². The van der Waals surface area contributed by atoms with Crippen molar-refractivity contribution in [1.29, 1.82) is 0 Å². The van der Waals surface area contributed by atoms with Crippen molar-refractivity contribution in [2.24, 2.45) is 5.41 Å². The number of hydrogen-bond acceptors (Lipinski definition) is 2. The molecule has 2 saturated carbocycles. The first kappa shape index (κ1) is 9.17. The number of nitrogens with one attached hydrogen (secondary N) is 1. The van der Waals surface area contributed by atoms with Gasteiger partial charge in [-0.25, -0.2) is 0 Å². The molecular weight excluding hydrogens is 174 g/mol. The zero-order valence-electron chi connectivity index (χ0n) is 8.93. The van der Waals surface area contributed by atoms with Crippen LogP contribution in [0.3, 0.4) is 0 Å². The molecule has 2 nitrogen and oxygen atoms in total. The molecule has 1 spiro atoms. The minimum atomic E-state index is 0.660. The summed E-state index contributed by atoms with van der Waals surface area (Å²) in [5.74, 6) is 0. The average molecular weight is 195 g/mol. The fourth-order valence-electron chi connectivity index (χ4n) is 3.07. The quantitative estimate of drug-likeness (QED) is 0.728. The van der Waals surface area contributed by atoms with Crippen LogP contribution in [0, 0.1) is 5.41 Å². The van der Waals surface area contributed by atoms with Crippen LogP contribution in [0.2, 0.25) is 0 Å².